The zero-order chi connectivity index (χ0) is 14.0. The highest BCUT2D eigenvalue weighted by molar-refractivity contribution is 5.67. The average molecular weight is 258 g/mol. The molecular formula is C15H18N2O2. The molecule has 0 saturated carbocycles. The Labute approximate surface area is 112 Å². The number of hydrogen-bond donors (Lipinski definition) is 1. The second-order valence-corrected chi connectivity index (χ2v) is 4.79. The van der Waals surface area contributed by atoms with Gasteiger partial charge in [0.1, 0.15) is 0 Å². The van der Waals surface area contributed by atoms with E-state index in [9.17, 15) is 4.79 Å². The first-order valence-corrected chi connectivity index (χ1v) is 6.33. The summed E-state index contributed by atoms with van der Waals surface area (Å²) in [6, 6.07) is 8.12. The molecule has 0 radical (unpaired) electrons. The number of carboxylic acids is 1. The summed E-state index contributed by atoms with van der Waals surface area (Å²) in [6.45, 7) is 5.95. The van der Waals surface area contributed by atoms with Crippen molar-refractivity contribution < 1.29 is 9.90 Å². The summed E-state index contributed by atoms with van der Waals surface area (Å²) in [5.74, 6) is -0.776. The molecule has 0 unspecified atom stereocenters. The fraction of sp³-hybridized carbons (Fsp3) is 0.333. The number of aryl methyl sites for hydroxylation is 2. The maximum absolute atomic E-state index is 10.7. The Balaban J connectivity index is 2.38. The van der Waals surface area contributed by atoms with Crippen molar-refractivity contribution in [3.63, 3.8) is 0 Å². The van der Waals surface area contributed by atoms with Crippen LogP contribution in [0.2, 0.25) is 0 Å². The van der Waals surface area contributed by atoms with E-state index in [4.69, 9.17) is 5.11 Å². The SMILES string of the molecule is Cc1cccc(-n2nc(C)c(CCC(=O)O)c2C)c1. The van der Waals surface area contributed by atoms with E-state index in [0.29, 0.717) is 6.42 Å². The van der Waals surface area contributed by atoms with Crippen molar-refractivity contribution in [3.05, 3.63) is 46.8 Å². The Bertz CT molecular complexity index is 615. The lowest BCUT2D eigenvalue weighted by Crippen LogP contribution is -2.01. The summed E-state index contributed by atoms with van der Waals surface area (Å²) in [5.41, 5.74) is 5.15. The van der Waals surface area contributed by atoms with Crippen LogP contribution in [0.1, 0.15) is 28.9 Å². The monoisotopic (exact) mass is 258 g/mol. The topological polar surface area (TPSA) is 55.1 Å². The smallest absolute Gasteiger partial charge is 0.303 e. The van der Waals surface area contributed by atoms with Gasteiger partial charge in [0, 0.05) is 12.1 Å². The van der Waals surface area contributed by atoms with Gasteiger partial charge in [0.15, 0.2) is 0 Å². The number of hydrogen-bond acceptors (Lipinski definition) is 2. The molecule has 0 amide bonds. The van der Waals surface area contributed by atoms with Crippen LogP contribution < -0.4 is 0 Å². The second kappa shape index (κ2) is 5.26. The number of aromatic nitrogens is 2. The van der Waals surface area contributed by atoms with Crippen LogP contribution in [0.5, 0.6) is 0 Å². The van der Waals surface area contributed by atoms with Crippen molar-refractivity contribution in [2.24, 2.45) is 0 Å². The molecule has 0 aliphatic carbocycles. The van der Waals surface area contributed by atoms with Crippen molar-refractivity contribution in [3.8, 4) is 5.69 Å². The Morgan fingerprint density at radius 3 is 2.68 bits per heavy atom. The molecule has 0 aliphatic heterocycles. The first-order valence-electron chi connectivity index (χ1n) is 6.33. The summed E-state index contributed by atoms with van der Waals surface area (Å²) in [5, 5.41) is 13.3. The highest BCUT2D eigenvalue weighted by Crippen LogP contribution is 2.19. The lowest BCUT2D eigenvalue weighted by Gasteiger charge is -2.06. The third-order valence-corrected chi connectivity index (χ3v) is 3.28. The number of aliphatic carboxylic acids is 1. The molecule has 1 heterocycles. The zero-order valence-corrected chi connectivity index (χ0v) is 11.5. The molecule has 1 N–H and O–H groups in total. The summed E-state index contributed by atoms with van der Waals surface area (Å²) in [4.78, 5) is 10.7. The lowest BCUT2D eigenvalue weighted by atomic mass is 10.1. The molecule has 0 fully saturated rings. The van der Waals surface area contributed by atoms with Crippen LogP contribution in [-0.4, -0.2) is 20.9 Å². The number of rotatable bonds is 4. The maximum Gasteiger partial charge on any atom is 0.303 e. The Morgan fingerprint density at radius 1 is 1.32 bits per heavy atom. The minimum atomic E-state index is -0.776. The van der Waals surface area contributed by atoms with E-state index >= 15 is 0 Å². The van der Waals surface area contributed by atoms with Gasteiger partial charge in [-0.1, -0.05) is 12.1 Å². The highest BCUT2D eigenvalue weighted by Gasteiger charge is 2.13. The maximum atomic E-state index is 10.7. The molecule has 2 rings (SSSR count). The first kappa shape index (κ1) is 13.3. The Morgan fingerprint density at radius 2 is 2.05 bits per heavy atom. The van der Waals surface area contributed by atoms with Crippen molar-refractivity contribution in [1.29, 1.82) is 0 Å². The van der Waals surface area contributed by atoms with Gasteiger partial charge in [-0.15, -0.1) is 0 Å². The summed E-state index contributed by atoms with van der Waals surface area (Å²) in [7, 11) is 0. The Hall–Kier alpha value is -2.10. The van der Waals surface area contributed by atoms with E-state index in [1.807, 2.05) is 43.7 Å². The number of carboxylic acid groups (broad SMARTS) is 1. The summed E-state index contributed by atoms with van der Waals surface area (Å²) in [6.07, 6.45) is 0.667. The number of carbonyl (C=O) groups is 1. The van der Waals surface area contributed by atoms with Gasteiger partial charge in [0.2, 0.25) is 0 Å². The molecule has 19 heavy (non-hydrogen) atoms. The average Bonchev–Trinajstić information content (AvgIpc) is 2.62. The molecule has 1 aromatic heterocycles. The molecule has 2 aromatic rings. The normalized spacial score (nSPS) is 10.7. The molecule has 0 bridgehead atoms. The van der Waals surface area contributed by atoms with Crippen LogP contribution in [0, 0.1) is 20.8 Å². The van der Waals surface area contributed by atoms with Gasteiger partial charge < -0.3 is 5.11 Å². The van der Waals surface area contributed by atoms with Crippen LogP contribution in [0.25, 0.3) is 5.69 Å². The largest absolute Gasteiger partial charge is 0.481 e. The van der Waals surface area contributed by atoms with Crippen LogP contribution in [0.3, 0.4) is 0 Å². The minimum Gasteiger partial charge on any atom is -0.481 e. The van der Waals surface area contributed by atoms with Crippen molar-refractivity contribution in [2.45, 2.75) is 33.6 Å². The molecule has 1 aromatic carbocycles. The standard InChI is InChI=1S/C15H18N2O2/c1-10-5-4-6-13(9-10)17-12(3)14(11(2)16-17)7-8-15(18)19/h4-6,9H,7-8H2,1-3H3,(H,18,19). The second-order valence-electron chi connectivity index (χ2n) is 4.79. The van der Waals surface area contributed by atoms with Crippen LogP contribution in [-0.2, 0) is 11.2 Å². The van der Waals surface area contributed by atoms with Crippen molar-refractivity contribution in [2.75, 3.05) is 0 Å². The minimum absolute atomic E-state index is 0.140. The van der Waals surface area contributed by atoms with Gasteiger partial charge in [-0.05, 0) is 50.5 Å². The number of benzene rings is 1. The van der Waals surface area contributed by atoms with E-state index in [1.165, 1.54) is 5.56 Å². The van der Waals surface area contributed by atoms with Gasteiger partial charge in [0.25, 0.3) is 0 Å². The molecule has 0 saturated heterocycles. The number of nitrogens with zero attached hydrogens (tertiary/aromatic N) is 2. The summed E-state index contributed by atoms with van der Waals surface area (Å²) >= 11 is 0. The molecular weight excluding hydrogens is 240 g/mol. The molecule has 0 atom stereocenters. The zero-order valence-electron chi connectivity index (χ0n) is 11.5. The van der Waals surface area contributed by atoms with Gasteiger partial charge in [0.05, 0.1) is 11.4 Å². The van der Waals surface area contributed by atoms with E-state index in [0.717, 1.165) is 22.6 Å². The third kappa shape index (κ3) is 2.84. The predicted molar refractivity (Wildman–Crippen MR) is 73.7 cm³/mol. The van der Waals surface area contributed by atoms with E-state index in [2.05, 4.69) is 11.2 Å². The van der Waals surface area contributed by atoms with Gasteiger partial charge in [-0.25, -0.2) is 4.68 Å². The predicted octanol–water partition coefficient (Wildman–Crippen LogP) is 2.81. The highest BCUT2D eigenvalue weighted by atomic mass is 16.4. The third-order valence-electron chi connectivity index (χ3n) is 3.28. The van der Waals surface area contributed by atoms with Gasteiger partial charge in [-0.3, -0.25) is 4.79 Å². The lowest BCUT2D eigenvalue weighted by molar-refractivity contribution is -0.136. The molecule has 0 spiro atoms. The van der Waals surface area contributed by atoms with E-state index < -0.39 is 5.97 Å². The van der Waals surface area contributed by atoms with Gasteiger partial charge >= 0.3 is 5.97 Å². The van der Waals surface area contributed by atoms with Crippen molar-refractivity contribution >= 4 is 5.97 Å². The van der Waals surface area contributed by atoms with Gasteiger partial charge in [-0.2, -0.15) is 5.10 Å². The van der Waals surface area contributed by atoms with Crippen LogP contribution in [0.4, 0.5) is 0 Å². The molecule has 0 aliphatic rings. The summed E-state index contributed by atoms with van der Waals surface area (Å²) < 4.78 is 1.89. The molecule has 4 heteroatoms. The first-order chi connectivity index (χ1) is 8.99. The fourth-order valence-corrected chi connectivity index (χ4v) is 2.28. The fourth-order valence-electron chi connectivity index (χ4n) is 2.28. The quantitative estimate of drug-likeness (QED) is 0.917. The van der Waals surface area contributed by atoms with Crippen molar-refractivity contribution in [1.82, 2.24) is 9.78 Å². The molecule has 4 nitrogen and oxygen atoms in total. The van der Waals surface area contributed by atoms with E-state index in [1.54, 1.807) is 0 Å². The van der Waals surface area contributed by atoms with Crippen LogP contribution >= 0.6 is 0 Å². The Kier molecular flexibility index (Phi) is 3.69. The molecule has 100 valence electrons. The van der Waals surface area contributed by atoms with Crippen LogP contribution in [0.15, 0.2) is 24.3 Å². The van der Waals surface area contributed by atoms with E-state index in [-0.39, 0.29) is 6.42 Å².